The first kappa shape index (κ1) is 9.80. The first-order chi connectivity index (χ1) is 5.83. The average molecular weight is 277 g/mol. The highest BCUT2D eigenvalue weighted by Crippen LogP contribution is 2.10. The lowest BCUT2D eigenvalue weighted by molar-refractivity contribution is 0.292. The fourth-order valence-corrected chi connectivity index (χ4v) is 1.24. The van der Waals surface area contributed by atoms with E-state index in [1.807, 2.05) is 12.1 Å². The van der Waals surface area contributed by atoms with Gasteiger partial charge in [-0.25, -0.2) is 0 Å². The zero-order valence-corrected chi connectivity index (χ0v) is 8.91. The van der Waals surface area contributed by atoms with Crippen molar-refractivity contribution in [2.45, 2.75) is 6.42 Å². The van der Waals surface area contributed by atoms with Crippen LogP contribution in [0.5, 0.6) is 0 Å². The fourth-order valence-electron chi connectivity index (χ4n) is 0.880. The first-order valence-electron chi connectivity index (χ1n) is 3.93. The Labute approximate surface area is 86.1 Å². The van der Waals surface area contributed by atoms with Crippen LogP contribution >= 0.6 is 22.6 Å². The molecule has 2 nitrogen and oxygen atoms in total. The van der Waals surface area contributed by atoms with E-state index in [-0.39, 0.29) is 6.61 Å². The third-order valence-electron chi connectivity index (χ3n) is 1.51. The monoisotopic (exact) mass is 277 g/mol. The largest absolute Gasteiger partial charge is 0.396 e. The molecular formula is C9H12INO. The van der Waals surface area contributed by atoms with Crippen LogP contribution in [0.4, 0.5) is 5.69 Å². The van der Waals surface area contributed by atoms with E-state index in [4.69, 9.17) is 5.11 Å². The summed E-state index contributed by atoms with van der Waals surface area (Å²) in [6.07, 6.45) is 0.798. The van der Waals surface area contributed by atoms with Crippen molar-refractivity contribution >= 4 is 28.3 Å². The molecule has 0 aromatic heterocycles. The molecule has 0 aliphatic carbocycles. The molecule has 0 unspecified atom stereocenters. The highest BCUT2D eigenvalue weighted by Gasteiger charge is 1.90. The van der Waals surface area contributed by atoms with Crippen LogP contribution in [0, 0.1) is 3.57 Å². The second kappa shape index (κ2) is 5.37. The standard InChI is InChI=1S/C9H12INO/c10-8-2-4-9(5-3-8)11-6-1-7-12/h2-5,11-12H,1,6-7H2. The van der Waals surface area contributed by atoms with Gasteiger partial charge in [-0.1, -0.05) is 0 Å². The van der Waals surface area contributed by atoms with Gasteiger partial charge in [0.2, 0.25) is 0 Å². The molecule has 2 N–H and O–H groups in total. The smallest absolute Gasteiger partial charge is 0.0447 e. The highest BCUT2D eigenvalue weighted by molar-refractivity contribution is 14.1. The summed E-state index contributed by atoms with van der Waals surface area (Å²) in [6.45, 7) is 1.08. The van der Waals surface area contributed by atoms with Crippen LogP contribution in [0.15, 0.2) is 24.3 Å². The molecule has 0 atom stereocenters. The van der Waals surface area contributed by atoms with E-state index >= 15 is 0 Å². The molecule has 0 aliphatic heterocycles. The van der Waals surface area contributed by atoms with E-state index in [1.54, 1.807) is 0 Å². The van der Waals surface area contributed by atoms with Crippen molar-refractivity contribution in [3.63, 3.8) is 0 Å². The molecule has 66 valence electrons. The Morgan fingerprint density at radius 1 is 1.25 bits per heavy atom. The second-order valence-electron chi connectivity index (χ2n) is 2.51. The Morgan fingerprint density at radius 3 is 2.50 bits per heavy atom. The van der Waals surface area contributed by atoms with E-state index in [1.165, 1.54) is 3.57 Å². The van der Waals surface area contributed by atoms with Crippen LogP contribution in [0.1, 0.15) is 6.42 Å². The molecule has 1 aromatic carbocycles. The molecular weight excluding hydrogens is 265 g/mol. The van der Waals surface area contributed by atoms with Gasteiger partial charge in [0.05, 0.1) is 0 Å². The molecule has 0 heterocycles. The molecule has 0 radical (unpaired) electrons. The molecule has 12 heavy (non-hydrogen) atoms. The maximum Gasteiger partial charge on any atom is 0.0447 e. The lowest BCUT2D eigenvalue weighted by atomic mass is 10.3. The Morgan fingerprint density at radius 2 is 1.92 bits per heavy atom. The summed E-state index contributed by atoms with van der Waals surface area (Å²) < 4.78 is 1.24. The zero-order chi connectivity index (χ0) is 8.81. The van der Waals surface area contributed by atoms with Crippen molar-refractivity contribution in [1.82, 2.24) is 0 Å². The molecule has 1 aromatic rings. The van der Waals surface area contributed by atoms with Gasteiger partial charge >= 0.3 is 0 Å². The SMILES string of the molecule is OCCCNc1ccc(I)cc1. The van der Waals surface area contributed by atoms with Gasteiger partial charge in [0.1, 0.15) is 0 Å². The highest BCUT2D eigenvalue weighted by atomic mass is 127. The van der Waals surface area contributed by atoms with Crippen molar-refractivity contribution in [3.8, 4) is 0 Å². The maximum atomic E-state index is 8.55. The summed E-state index contributed by atoms with van der Waals surface area (Å²) in [7, 11) is 0. The summed E-state index contributed by atoms with van der Waals surface area (Å²) in [4.78, 5) is 0. The lowest BCUT2D eigenvalue weighted by Gasteiger charge is -2.04. The van der Waals surface area contributed by atoms with Crippen LogP contribution in [0.3, 0.4) is 0 Å². The molecule has 1 rings (SSSR count). The molecule has 0 saturated heterocycles. The summed E-state index contributed by atoms with van der Waals surface area (Å²) >= 11 is 2.27. The van der Waals surface area contributed by atoms with Gasteiger partial charge < -0.3 is 10.4 Å². The van der Waals surface area contributed by atoms with Gasteiger partial charge in [-0.3, -0.25) is 0 Å². The second-order valence-corrected chi connectivity index (χ2v) is 3.76. The van der Waals surface area contributed by atoms with Crippen LogP contribution in [0.2, 0.25) is 0 Å². The van der Waals surface area contributed by atoms with Crippen molar-refractivity contribution in [2.24, 2.45) is 0 Å². The van der Waals surface area contributed by atoms with Gasteiger partial charge in [-0.15, -0.1) is 0 Å². The van der Waals surface area contributed by atoms with Crippen molar-refractivity contribution in [3.05, 3.63) is 27.8 Å². The number of benzene rings is 1. The molecule has 0 aliphatic rings. The Balaban J connectivity index is 2.37. The minimum atomic E-state index is 0.247. The van der Waals surface area contributed by atoms with E-state index in [9.17, 15) is 0 Å². The predicted octanol–water partition coefficient (Wildman–Crippen LogP) is 2.09. The van der Waals surface area contributed by atoms with Crippen LogP contribution in [-0.2, 0) is 0 Å². The normalized spacial score (nSPS) is 9.83. The topological polar surface area (TPSA) is 32.3 Å². The molecule has 0 fully saturated rings. The quantitative estimate of drug-likeness (QED) is 0.652. The van der Waals surface area contributed by atoms with Crippen molar-refractivity contribution in [1.29, 1.82) is 0 Å². The number of halogens is 1. The van der Waals surface area contributed by atoms with Crippen LogP contribution in [-0.4, -0.2) is 18.3 Å². The number of aliphatic hydroxyl groups is 1. The lowest BCUT2D eigenvalue weighted by Crippen LogP contribution is -2.02. The van der Waals surface area contributed by atoms with Crippen molar-refractivity contribution < 1.29 is 5.11 Å². The third-order valence-corrected chi connectivity index (χ3v) is 2.23. The summed E-state index contributed by atoms with van der Waals surface area (Å²) in [5.74, 6) is 0. The summed E-state index contributed by atoms with van der Waals surface area (Å²) in [5, 5.41) is 11.8. The van der Waals surface area contributed by atoms with Gasteiger partial charge in [0.25, 0.3) is 0 Å². The summed E-state index contributed by atoms with van der Waals surface area (Å²) in [5.41, 5.74) is 1.11. The Kier molecular flexibility index (Phi) is 4.39. The number of rotatable bonds is 4. The van der Waals surface area contributed by atoms with Gasteiger partial charge in [0, 0.05) is 22.4 Å². The van der Waals surface area contributed by atoms with E-state index in [0.29, 0.717) is 0 Å². The number of aliphatic hydroxyl groups excluding tert-OH is 1. The number of hydrogen-bond acceptors (Lipinski definition) is 2. The predicted molar refractivity (Wildman–Crippen MR) is 59.4 cm³/mol. The molecule has 0 bridgehead atoms. The molecule has 0 amide bonds. The number of nitrogens with one attached hydrogen (secondary N) is 1. The maximum absolute atomic E-state index is 8.55. The third kappa shape index (κ3) is 3.40. The van der Waals surface area contributed by atoms with E-state index in [0.717, 1.165) is 18.7 Å². The minimum absolute atomic E-state index is 0.247. The number of hydrogen-bond donors (Lipinski definition) is 2. The molecule has 0 spiro atoms. The van der Waals surface area contributed by atoms with E-state index in [2.05, 4.69) is 40.0 Å². The fraction of sp³-hybridized carbons (Fsp3) is 0.333. The van der Waals surface area contributed by atoms with Crippen molar-refractivity contribution in [2.75, 3.05) is 18.5 Å². The van der Waals surface area contributed by atoms with Gasteiger partial charge in [-0.05, 0) is 53.3 Å². The Bertz CT molecular complexity index is 222. The van der Waals surface area contributed by atoms with Crippen LogP contribution < -0.4 is 5.32 Å². The average Bonchev–Trinajstić information content (AvgIpc) is 2.09. The van der Waals surface area contributed by atoms with Gasteiger partial charge in [0.15, 0.2) is 0 Å². The van der Waals surface area contributed by atoms with E-state index < -0.39 is 0 Å². The van der Waals surface area contributed by atoms with Crippen LogP contribution in [0.25, 0.3) is 0 Å². The number of anilines is 1. The minimum Gasteiger partial charge on any atom is -0.396 e. The molecule has 0 saturated carbocycles. The zero-order valence-electron chi connectivity index (χ0n) is 6.76. The summed E-state index contributed by atoms with van der Waals surface area (Å²) in [6, 6.07) is 8.20. The first-order valence-corrected chi connectivity index (χ1v) is 5.01. The van der Waals surface area contributed by atoms with Gasteiger partial charge in [-0.2, -0.15) is 0 Å². The Hall–Kier alpha value is -0.290. The molecule has 3 heteroatoms.